The summed E-state index contributed by atoms with van der Waals surface area (Å²) in [7, 11) is -0.312. The van der Waals surface area contributed by atoms with Crippen LogP contribution in [0.15, 0.2) is 28.0 Å². The van der Waals surface area contributed by atoms with Crippen LogP contribution in [0.4, 0.5) is 5.69 Å². The molecule has 112 valence electrons. The minimum atomic E-state index is -3.39. The van der Waals surface area contributed by atoms with E-state index in [4.69, 9.17) is 5.73 Å². The van der Waals surface area contributed by atoms with Crippen molar-refractivity contribution in [2.45, 2.75) is 35.5 Å². The predicted octanol–water partition coefficient (Wildman–Crippen LogP) is 2.80. The number of nitrogens with zero attached hydrogens (tertiary/aromatic N) is 1. The van der Waals surface area contributed by atoms with Gasteiger partial charge in [0.25, 0.3) is 0 Å². The Balaban J connectivity index is 2.16. The van der Waals surface area contributed by atoms with E-state index >= 15 is 0 Å². The highest BCUT2D eigenvalue weighted by atomic mass is 32.2. The standard InChI is InChI=1S/C14H22N2O2S2/c1-16(2)20(17,18)12-7-8-13(15)14(9-12)19-10-11-5-3-4-6-11/h7-9,11H,3-6,10,15H2,1-2H3. The quantitative estimate of drug-likeness (QED) is 0.670. The Bertz CT molecular complexity index is 565. The van der Waals surface area contributed by atoms with Crippen LogP contribution in [-0.4, -0.2) is 32.6 Å². The molecule has 2 N–H and O–H groups in total. The average Bonchev–Trinajstić information content (AvgIpc) is 2.90. The molecular weight excluding hydrogens is 292 g/mol. The summed E-state index contributed by atoms with van der Waals surface area (Å²) in [6.07, 6.45) is 5.19. The lowest BCUT2D eigenvalue weighted by Gasteiger charge is -2.14. The molecule has 6 heteroatoms. The molecule has 0 unspecified atom stereocenters. The SMILES string of the molecule is CN(C)S(=O)(=O)c1ccc(N)c(SCC2CCCC2)c1. The highest BCUT2D eigenvalue weighted by Crippen LogP contribution is 2.34. The minimum Gasteiger partial charge on any atom is -0.398 e. The summed E-state index contributed by atoms with van der Waals surface area (Å²) >= 11 is 1.68. The maximum atomic E-state index is 12.1. The van der Waals surface area contributed by atoms with E-state index in [-0.39, 0.29) is 0 Å². The van der Waals surface area contributed by atoms with Crippen LogP contribution in [0.2, 0.25) is 0 Å². The second-order valence-corrected chi connectivity index (χ2v) is 8.66. The molecule has 20 heavy (non-hydrogen) atoms. The van der Waals surface area contributed by atoms with Gasteiger partial charge in [0.1, 0.15) is 0 Å². The third-order valence-electron chi connectivity index (χ3n) is 3.71. The Hall–Kier alpha value is -0.720. The van der Waals surface area contributed by atoms with Crippen molar-refractivity contribution in [3.8, 4) is 0 Å². The van der Waals surface area contributed by atoms with E-state index in [0.29, 0.717) is 10.6 Å². The molecule has 4 nitrogen and oxygen atoms in total. The van der Waals surface area contributed by atoms with E-state index in [0.717, 1.165) is 16.6 Å². The van der Waals surface area contributed by atoms with Crippen LogP contribution in [0.5, 0.6) is 0 Å². The molecular formula is C14H22N2O2S2. The molecule has 1 fully saturated rings. The van der Waals surface area contributed by atoms with Gasteiger partial charge >= 0.3 is 0 Å². The van der Waals surface area contributed by atoms with E-state index in [1.807, 2.05) is 0 Å². The van der Waals surface area contributed by atoms with E-state index in [1.54, 1.807) is 30.0 Å². The lowest BCUT2D eigenvalue weighted by molar-refractivity contribution is 0.520. The highest BCUT2D eigenvalue weighted by molar-refractivity contribution is 7.99. The fourth-order valence-corrected chi connectivity index (χ4v) is 4.59. The second-order valence-electron chi connectivity index (χ2n) is 5.45. The summed E-state index contributed by atoms with van der Waals surface area (Å²) in [5, 5.41) is 0. The Morgan fingerprint density at radius 3 is 2.55 bits per heavy atom. The maximum Gasteiger partial charge on any atom is 0.242 e. The Kier molecular flexibility index (Phi) is 4.99. The molecule has 1 aliphatic rings. The third-order valence-corrected chi connectivity index (χ3v) is 6.83. The van der Waals surface area contributed by atoms with Gasteiger partial charge in [-0.2, -0.15) is 0 Å². The van der Waals surface area contributed by atoms with E-state index in [1.165, 1.54) is 44.1 Å². The topological polar surface area (TPSA) is 63.4 Å². The molecule has 0 aromatic heterocycles. The van der Waals surface area contributed by atoms with Crippen molar-refractivity contribution in [3.05, 3.63) is 18.2 Å². The molecule has 2 rings (SSSR count). The van der Waals surface area contributed by atoms with Crippen LogP contribution in [-0.2, 0) is 10.0 Å². The predicted molar refractivity (Wildman–Crippen MR) is 84.4 cm³/mol. The molecule has 0 atom stereocenters. The van der Waals surface area contributed by atoms with Crippen molar-refractivity contribution >= 4 is 27.5 Å². The van der Waals surface area contributed by atoms with Gasteiger partial charge in [-0.15, -0.1) is 11.8 Å². The Morgan fingerprint density at radius 2 is 1.95 bits per heavy atom. The summed E-state index contributed by atoms with van der Waals surface area (Å²) in [6.45, 7) is 0. The van der Waals surface area contributed by atoms with Crippen LogP contribution in [0.3, 0.4) is 0 Å². The fourth-order valence-electron chi connectivity index (χ4n) is 2.40. The van der Waals surface area contributed by atoms with Gasteiger partial charge < -0.3 is 5.73 Å². The van der Waals surface area contributed by atoms with Crippen molar-refractivity contribution in [2.24, 2.45) is 5.92 Å². The molecule has 0 radical (unpaired) electrons. The fraction of sp³-hybridized carbons (Fsp3) is 0.571. The Labute approximate surface area is 125 Å². The number of sulfonamides is 1. The number of rotatable bonds is 5. The summed E-state index contributed by atoms with van der Waals surface area (Å²) in [6, 6.07) is 4.96. The minimum absolute atomic E-state index is 0.311. The van der Waals surface area contributed by atoms with E-state index in [2.05, 4.69) is 0 Å². The number of benzene rings is 1. The van der Waals surface area contributed by atoms with Gasteiger partial charge in [0.15, 0.2) is 0 Å². The average molecular weight is 314 g/mol. The van der Waals surface area contributed by atoms with Gasteiger partial charge in [-0.25, -0.2) is 12.7 Å². The van der Waals surface area contributed by atoms with Crippen molar-refractivity contribution < 1.29 is 8.42 Å². The lowest BCUT2D eigenvalue weighted by atomic mass is 10.1. The van der Waals surface area contributed by atoms with E-state index < -0.39 is 10.0 Å². The molecule has 0 aliphatic heterocycles. The monoisotopic (exact) mass is 314 g/mol. The first-order chi connectivity index (χ1) is 9.41. The van der Waals surface area contributed by atoms with Gasteiger partial charge in [0, 0.05) is 30.4 Å². The Morgan fingerprint density at radius 1 is 1.30 bits per heavy atom. The first kappa shape index (κ1) is 15.7. The second kappa shape index (κ2) is 6.37. The number of thioether (sulfide) groups is 1. The molecule has 0 bridgehead atoms. The van der Waals surface area contributed by atoms with Crippen LogP contribution >= 0.6 is 11.8 Å². The number of nitrogens with two attached hydrogens (primary N) is 1. The lowest BCUT2D eigenvalue weighted by Crippen LogP contribution is -2.22. The highest BCUT2D eigenvalue weighted by Gasteiger charge is 2.20. The number of nitrogen functional groups attached to an aromatic ring is 1. The molecule has 1 saturated carbocycles. The maximum absolute atomic E-state index is 12.1. The molecule has 0 spiro atoms. The molecule has 1 aliphatic carbocycles. The largest absolute Gasteiger partial charge is 0.398 e. The van der Waals surface area contributed by atoms with Gasteiger partial charge in [-0.1, -0.05) is 12.8 Å². The van der Waals surface area contributed by atoms with Crippen LogP contribution in [0, 0.1) is 5.92 Å². The van der Waals surface area contributed by atoms with E-state index in [9.17, 15) is 8.42 Å². The van der Waals surface area contributed by atoms with Crippen LogP contribution in [0.25, 0.3) is 0 Å². The van der Waals surface area contributed by atoms with Gasteiger partial charge in [-0.3, -0.25) is 0 Å². The molecule has 0 amide bonds. The number of hydrogen-bond acceptors (Lipinski definition) is 4. The van der Waals surface area contributed by atoms with Crippen LogP contribution < -0.4 is 5.73 Å². The van der Waals surface area contributed by atoms with Crippen molar-refractivity contribution in [3.63, 3.8) is 0 Å². The number of hydrogen-bond donors (Lipinski definition) is 1. The van der Waals surface area contributed by atoms with Gasteiger partial charge in [0.05, 0.1) is 4.90 Å². The van der Waals surface area contributed by atoms with Crippen molar-refractivity contribution in [1.82, 2.24) is 4.31 Å². The summed E-state index contributed by atoms with van der Waals surface area (Å²) in [4.78, 5) is 1.19. The normalized spacial score (nSPS) is 16.9. The summed E-state index contributed by atoms with van der Waals surface area (Å²) < 4.78 is 25.5. The molecule has 1 aromatic rings. The molecule has 0 heterocycles. The molecule has 0 saturated heterocycles. The van der Waals surface area contributed by atoms with Gasteiger partial charge in [0.2, 0.25) is 10.0 Å². The van der Waals surface area contributed by atoms with Gasteiger partial charge in [-0.05, 0) is 37.0 Å². The number of anilines is 1. The zero-order valence-electron chi connectivity index (χ0n) is 12.0. The third kappa shape index (κ3) is 3.48. The summed E-state index contributed by atoms with van der Waals surface area (Å²) in [5.41, 5.74) is 6.62. The van der Waals surface area contributed by atoms with Crippen LogP contribution in [0.1, 0.15) is 25.7 Å². The zero-order valence-corrected chi connectivity index (χ0v) is 13.6. The van der Waals surface area contributed by atoms with Crippen molar-refractivity contribution in [2.75, 3.05) is 25.6 Å². The smallest absolute Gasteiger partial charge is 0.242 e. The van der Waals surface area contributed by atoms with Crippen molar-refractivity contribution in [1.29, 1.82) is 0 Å². The first-order valence-electron chi connectivity index (χ1n) is 6.86. The summed E-state index contributed by atoms with van der Waals surface area (Å²) in [5.74, 6) is 1.77. The molecule has 1 aromatic carbocycles. The zero-order chi connectivity index (χ0) is 14.8. The first-order valence-corrected chi connectivity index (χ1v) is 9.28.